The van der Waals surface area contributed by atoms with Crippen LogP contribution in [0.4, 0.5) is 5.69 Å². The average molecular weight is 309 g/mol. The van der Waals surface area contributed by atoms with Crippen molar-refractivity contribution in [3.63, 3.8) is 0 Å². The highest BCUT2D eigenvalue weighted by molar-refractivity contribution is 6.31. The van der Waals surface area contributed by atoms with Crippen molar-refractivity contribution in [2.75, 3.05) is 18.5 Å². The summed E-state index contributed by atoms with van der Waals surface area (Å²) < 4.78 is 0. The van der Waals surface area contributed by atoms with Crippen molar-refractivity contribution in [2.24, 2.45) is 0 Å². The van der Waals surface area contributed by atoms with Crippen LogP contribution in [0.25, 0.3) is 6.08 Å². The number of aliphatic carboxylic acids is 1. The van der Waals surface area contributed by atoms with E-state index in [2.05, 4.69) is 5.32 Å². The summed E-state index contributed by atoms with van der Waals surface area (Å²) in [7, 11) is 1.77. The van der Waals surface area contributed by atoms with E-state index in [1.54, 1.807) is 30.1 Å². The Morgan fingerprint density at radius 1 is 1.48 bits per heavy atom. The Bertz CT molecular complexity index is 582. The van der Waals surface area contributed by atoms with Gasteiger partial charge in [0.15, 0.2) is 0 Å². The highest BCUT2D eigenvalue weighted by Crippen LogP contribution is 2.25. The molecule has 112 valence electrons. The van der Waals surface area contributed by atoms with Crippen molar-refractivity contribution in [3.05, 3.63) is 34.9 Å². The van der Waals surface area contributed by atoms with Crippen LogP contribution >= 0.6 is 11.6 Å². The van der Waals surface area contributed by atoms with Crippen molar-refractivity contribution in [1.82, 2.24) is 5.32 Å². The number of hydrogen-bond acceptors (Lipinski definition) is 3. The average Bonchev–Trinajstić information content (AvgIpc) is 3.20. The lowest BCUT2D eigenvalue weighted by Crippen LogP contribution is -2.36. The highest BCUT2D eigenvalue weighted by Gasteiger charge is 2.23. The molecule has 2 N–H and O–H groups in total. The van der Waals surface area contributed by atoms with E-state index in [0.717, 1.165) is 18.9 Å². The topological polar surface area (TPSA) is 69.6 Å². The predicted molar refractivity (Wildman–Crippen MR) is 82.6 cm³/mol. The van der Waals surface area contributed by atoms with Crippen LogP contribution in [-0.4, -0.2) is 36.6 Å². The van der Waals surface area contributed by atoms with Crippen molar-refractivity contribution in [1.29, 1.82) is 0 Å². The Morgan fingerprint density at radius 2 is 2.19 bits per heavy atom. The van der Waals surface area contributed by atoms with Crippen LogP contribution in [0.5, 0.6) is 0 Å². The normalized spacial score (nSPS) is 14.2. The molecule has 1 aliphatic rings. The molecule has 1 fully saturated rings. The monoisotopic (exact) mass is 308 g/mol. The molecule has 1 aromatic carbocycles. The number of anilines is 1. The standard InChI is InChI=1S/C15H17ClN2O3/c1-18(9-14(19)17-12-5-6-12)13-8-11(16)4-2-10(13)3-7-15(20)21/h2-4,7-8,12H,5-6,9H2,1H3,(H,17,19)(H,20,21)/b7-3+. The van der Waals surface area contributed by atoms with Crippen molar-refractivity contribution in [3.8, 4) is 0 Å². The fraction of sp³-hybridized carbons (Fsp3) is 0.333. The van der Waals surface area contributed by atoms with Gasteiger partial charge in [0.25, 0.3) is 0 Å². The number of carboxylic acid groups (broad SMARTS) is 1. The molecule has 1 amide bonds. The summed E-state index contributed by atoms with van der Waals surface area (Å²) in [6.45, 7) is 0.199. The Kier molecular flexibility index (Phi) is 4.85. The minimum atomic E-state index is -1.02. The number of amides is 1. The van der Waals surface area contributed by atoms with Crippen LogP contribution in [-0.2, 0) is 9.59 Å². The molecule has 0 radical (unpaired) electrons. The fourth-order valence-corrected chi connectivity index (χ4v) is 2.12. The maximum atomic E-state index is 11.8. The molecule has 1 aromatic rings. The number of likely N-dealkylation sites (N-methyl/N-ethyl adjacent to an activating group) is 1. The largest absolute Gasteiger partial charge is 0.478 e. The Hall–Kier alpha value is -2.01. The molecule has 0 spiro atoms. The zero-order valence-electron chi connectivity index (χ0n) is 11.7. The molecule has 21 heavy (non-hydrogen) atoms. The molecule has 1 saturated carbocycles. The first-order valence-electron chi connectivity index (χ1n) is 6.67. The minimum absolute atomic E-state index is 0.0480. The van der Waals surface area contributed by atoms with E-state index in [1.807, 2.05) is 0 Å². The van der Waals surface area contributed by atoms with Gasteiger partial charge in [0.05, 0.1) is 6.54 Å². The Balaban J connectivity index is 2.13. The molecule has 0 bridgehead atoms. The third kappa shape index (κ3) is 4.79. The second-order valence-electron chi connectivity index (χ2n) is 5.07. The van der Waals surface area contributed by atoms with Gasteiger partial charge in [-0.1, -0.05) is 17.7 Å². The molecular weight excluding hydrogens is 292 g/mol. The van der Waals surface area contributed by atoms with E-state index in [9.17, 15) is 9.59 Å². The Morgan fingerprint density at radius 3 is 2.81 bits per heavy atom. The molecule has 6 heteroatoms. The number of carbonyl (C=O) groups is 2. The first-order chi connectivity index (χ1) is 9.95. The summed E-state index contributed by atoms with van der Waals surface area (Å²) >= 11 is 5.99. The van der Waals surface area contributed by atoms with Crippen LogP contribution in [0.3, 0.4) is 0 Å². The number of nitrogens with one attached hydrogen (secondary N) is 1. The van der Waals surface area contributed by atoms with Crippen LogP contribution in [0.15, 0.2) is 24.3 Å². The molecule has 2 rings (SSSR count). The maximum Gasteiger partial charge on any atom is 0.328 e. The summed E-state index contributed by atoms with van der Waals surface area (Å²) in [6, 6.07) is 5.45. The van der Waals surface area contributed by atoms with Gasteiger partial charge >= 0.3 is 5.97 Å². The fourth-order valence-electron chi connectivity index (χ4n) is 1.95. The lowest BCUT2D eigenvalue weighted by atomic mass is 10.1. The number of benzene rings is 1. The molecule has 5 nitrogen and oxygen atoms in total. The summed E-state index contributed by atoms with van der Waals surface area (Å²) in [5, 5.41) is 12.2. The third-order valence-electron chi connectivity index (χ3n) is 3.13. The third-order valence-corrected chi connectivity index (χ3v) is 3.37. The Labute approximate surface area is 128 Å². The number of halogens is 1. The molecule has 0 aliphatic heterocycles. The summed E-state index contributed by atoms with van der Waals surface area (Å²) in [5.41, 5.74) is 1.41. The zero-order chi connectivity index (χ0) is 15.4. The van der Waals surface area contributed by atoms with Crippen molar-refractivity contribution >= 4 is 35.2 Å². The lowest BCUT2D eigenvalue weighted by molar-refractivity contribution is -0.131. The summed E-state index contributed by atoms with van der Waals surface area (Å²) in [5.74, 6) is -1.07. The van der Waals surface area contributed by atoms with Gasteiger partial charge in [-0.25, -0.2) is 4.79 Å². The molecule has 0 saturated heterocycles. The molecule has 0 aromatic heterocycles. The van der Waals surface area contributed by atoms with Gasteiger partial charge in [-0.15, -0.1) is 0 Å². The second-order valence-corrected chi connectivity index (χ2v) is 5.51. The zero-order valence-corrected chi connectivity index (χ0v) is 12.4. The second kappa shape index (κ2) is 6.63. The molecule has 1 aliphatic carbocycles. The highest BCUT2D eigenvalue weighted by atomic mass is 35.5. The number of rotatable bonds is 6. The van der Waals surface area contributed by atoms with Gasteiger partial charge in [-0.2, -0.15) is 0 Å². The van der Waals surface area contributed by atoms with Gasteiger partial charge in [-0.05, 0) is 36.6 Å². The maximum absolute atomic E-state index is 11.8. The van der Waals surface area contributed by atoms with Crippen molar-refractivity contribution in [2.45, 2.75) is 18.9 Å². The van der Waals surface area contributed by atoms with Gasteiger partial charge in [0.1, 0.15) is 0 Å². The van der Waals surface area contributed by atoms with Crippen LogP contribution in [0, 0.1) is 0 Å². The van der Waals surface area contributed by atoms with Gasteiger partial charge < -0.3 is 15.3 Å². The minimum Gasteiger partial charge on any atom is -0.478 e. The van der Waals surface area contributed by atoms with Crippen LogP contribution in [0.1, 0.15) is 18.4 Å². The first-order valence-corrected chi connectivity index (χ1v) is 7.04. The first kappa shape index (κ1) is 15.4. The smallest absolute Gasteiger partial charge is 0.328 e. The number of hydrogen-bond donors (Lipinski definition) is 2. The van der Waals surface area contributed by atoms with E-state index >= 15 is 0 Å². The SMILES string of the molecule is CN(CC(=O)NC1CC1)c1cc(Cl)ccc1/C=C/C(=O)O. The predicted octanol–water partition coefficient (Wildman–Crippen LogP) is 2.15. The van der Waals surface area contributed by atoms with Crippen LogP contribution < -0.4 is 10.2 Å². The molecule has 0 atom stereocenters. The molecular formula is C15H17ClN2O3. The van der Waals surface area contributed by atoms with Crippen molar-refractivity contribution < 1.29 is 14.7 Å². The summed E-state index contributed by atoms with van der Waals surface area (Å²) in [4.78, 5) is 24.2. The molecule has 0 heterocycles. The number of carbonyl (C=O) groups excluding carboxylic acids is 1. The van der Waals surface area contributed by atoms with E-state index in [-0.39, 0.29) is 12.5 Å². The summed E-state index contributed by atoms with van der Waals surface area (Å²) in [6.07, 6.45) is 4.63. The molecule has 0 unspecified atom stereocenters. The van der Waals surface area contributed by atoms with E-state index in [1.165, 1.54) is 6.08 Å². The van der Waals surface area contributed by atoms with E-state index in [0.29, 0.717) is 22.3 Å². The van der Waals surface area contributed by atoms with Gasteiger partial charge in [0, 0.05) is 29.9 Å². The lowest BCUT2D eigenvalue weighted by Gasteiger charge is -2.21. The van der Waals surface area contributed by atoms with Gasteiger partial charge in [0.2, 0.25) is 5.91 Å². The van der Waals surface area contributed by atoms with E-state index in [4.69, 9.17) is 16.7 Å². The van der Waals surface area contributed by atoms with Crippen LogP contribution in [0.2, 0.25) is 5.02 Å². The van der Waals surface area contributed by atoms with E-state index < -0.39 is 5.97 Å². The number of carboxylic acids is 1. The van der Waals surface area contributed by atoms with Gasteiger partial charge in [-0.3, -0.25) is 4.79 Å². The number of nitrogens with zero attached hydrogens (tertiary/aromatic N) is 1. The quantitative estimate of drug-likeness (QED) is 0.790.